The molecule has 6 N–H and O–H groups in total. The third-order valence-corrected chi connectivity index (χ3v) is 6.44. The van der Waals surface area contributed by atoms with Crippen molar-refractivity contribution in [2.24, 2.45) is 11.5 Å². The molecule has 3 rings (SSSR count). The Balaban J connectivity index is 1.58. The van der Waals surface area contributed by atoms with Crippen LogP contribution in [-0.4, -0.2) is 67.7 Å². The highest BCUT2D eigenvalue weighted by atomic mass is 16.2. The molecule has 1 heterocycles. The first-order valence-electron chi connectivity index (χ1n) is 12.6. The van der Waals surface area contributed by atoms with Crippen LogP contribution in [0.5, 0.6) is 0 Å². The lowest BCUT2D eigenvalue weighted by Gasteiger charge is -2.29. The highest BCUT2D eigenvalue weighted by Gasteiger charge is 2.20. The molecule has 1 amide bonds. The highest BCUT2D eigenvalue weighted by molar-refractivity contribution is 5.96. The number of aryl methyl sites for hydroxylation is 1. The van der Waals surface area contributed by atoms with Crippen molar-refractivity contribution in [3.05, 3.63) is 72.4 Å². The number of hydrogen-bond donors (Lipinski definition) is 4. The van der Waals surface area contributed by atoms with Crippen LogP contribution in [0.4, 0.5) is 5.69 Å². The number of nitrogens with two attached hydrogens (primary N) is 2. The number of anilines is 1. The molecule has 0 spiro atoms. The number of hydrogen-bond acceptors (Lipinski definition) is 5. The van der Waals surface area contributed by atoms with Crippen LogP contribution in [0.25, 0.3) is 10.9 Å². The zero-order valence-electron chi connectivity index (χ0n) is 21.1. The minimum absolute atomic E-state index is 0.0118. The van der Waals surface area contributed by atoms with Gasteiger partial charge < -0.3 is 26.6 Å². The van der Waals surface area contributed by atoms with Gasteiger partial charge >= 0.3 is 0 Å². The number of para-hydroxylation sites is 1. The number of nitrogens with zero attached hydrogens (tertiary/aromatic N) is 2. The highest BCUT2D eigenvalue weighted by Crippen LogP contribution is 2.17. The first-order valence-corrected chi connectivity index (χ1v) is 12.6. The standard InChI is InChI=1S/C28H40N6O/c1-34(2,18-16-29)17-8-12-24(30)20-31-27(15-14-22-9-4-3-5-10-22)28(35)33-25-19-23-11-6-7-13-26(23)32-21-25/h3-7,9-11,13,19,21,24,27,31H,8,12,14-18,20,29-30H2,1-2H3/p+1/t24-,27?/m0/s1. The molecule has 188 valence electrons. The van der Waals surface area contributed by atoms with Crippen LogP contribution in [0, 0.1) is 0 Å². The van der Waals surface area contributed by atoms with Gasteiger partial charge in [0.25, 0.3) is 0 Å². The number of nitrogens with one attached hydrogen (secondary N) is 2. The van der Waals surface area contributed by atoms with Crippen LogP contribution in [0.15, 0.2) is 66.9 Å². The Hall–Kier alpha value is -2.84. The van der Waals surface area contributed by atoms with Crippen molar-refractivity contribution in [1.29, 1.82) is 0 Å². The second kappa shape index (κ2) is 13.3. The summed E-state index contributed by atoms with van der Waals surface area (Å²) in [6, 6.07) is 19.7. The zero-order valence-corrected chi connectivity index (χ0v) is 21.1. The molecule has 0 radical (unpaired) electrons. The summed E-state index contributed by atoms with van der Waals surface area (Å²) in [6.45, 7) is 3.27. The first-order chi connectivity index (χ1) is 16.9. The van der Waals surface area contributed by atoms with Crippen molar-refractivity contribution in [3.63, 3.8) is 0 Å². The third kappa shape index (κ3) is 9.03. The molecular formula is C28H41N6O+. The molecule has 0 aliphatic carbocycles. The van der Waals surface area contributed by atoms with E-state index in [0.29, 0.717) is 25.2 Å². The van der Waals surface area contributed by atoms with Crippen molar-refractivity contribution < 1.29 is 9.28 Å². The van der Waals surface area contributed by atoms with Crippen LogP contribution in [0.1, 0.15) is 24.8 Å². The molecule has 0 saturated heterocycles. The van der Waals surface area contributed by atoms with E-state index in [-0.39, 0.29) is 18.0 Å². The van der Waals surface area contributed by atoms with Gasteiger partial charge in [0.15, 0.2) is 0 Å². The minimum atomic E-state index is -0.350. The average Bonchev–Trinajstić information content (AvgIpc) is 2.84. The Bertz CT molecular complexity index is 1060. The lowest BCUT2D eigenvalue weighted by Crippen LogP contribution is -2.47. The van der Waals surface area contributed by atoms with Gasteiger partial charge in [0, 0.05) is 24.5 Å². The number of quaternary nitrogens is 1. The molecule has 7 nitrogen and oxygen atoms in total. The summed E-state index contributed by atoms with van der Waals surface area (Å²) in [5.41, 5.74) is 14.9. The molecule has 35 heavy (non-hydrogen) atoms. The van der Waals surface area contributed by atoms with Crippen molar-refractivity contribution in [1.82, 2.24) is 10.3 Å². The molecule has 3 aromatic rings. The van der Waals surface area contributed by atoms with Crippen LogP contribution in [-0.2, 0) is 11.2 Å². The molecule has 0 fully saturated rings. The van der Waals surface area contributed by atoms with Gasteiger partial charge in [0.2, 0.25) is 5.91 Å². The van der Waals surface area contributed by atoms with Gasteiger partial charge in [-0.15, -0.1) is 0 Å². The van der Waals surface area contributed by atoms with E-state index in [2.05, 4.69) is 41.8 Å². The largest absolute Gasteiger partial charge is 0.327 e. The SMILES string of the molecule is C[N+](C)(CCN)CCC[C@H](N)CNC(CCc1ccccc1)C(=O)Nc1cnc2ccccc2c1. The molecule has 0 aliphatic rings. The van der Waals surface area contributed by atoms with E-state index in [1.165, 1.54) is 5.56 Å². The fourth-order valence-corrected chi connectivity index (χ4v) is 4.29. The lowest BCUT2D eigenvalue weighted by molar-refractivity contribution is -0.889. The summed E-state index contributed by atoms with van der Waals surface area (Å²) in [4.78, 5) is 17.7. The number of benzene rings is 2. The number of rotatable bonds is 14. The molecule has 0 saturated carbocycles. The number of likely N-dealkylation sites (N-methyl/N-ethyl adjacent to an activating group) is 1. The Labute approximate surface area is 209 Å². The fraction of sp³-hybridized carbons (Fsp3) is 0.429. The van der Waals surface area contributed by atoms with Crippen molar-refractivity contribution in [3.8, 4) is 0 Å². The fourth-order valence-electron chi connectivity index (χ4n) is 4.29. The summed E-state index contributed by atoms with van der Waals surface area (Å²) < 4.78 is 0.901. The van der Waals surface area contributed by atoms with E-state index in [1.807, 2.05) is 48.5 Å². The van der Waals surface area contributed by atoms with E-state index in [1.54, 1.807) is 6.20 Å². The van der Waals surface area contributed by atoms with Crippen LogP contribution < -0.4 is 22.1 Å². The Morgan fingerprint density at radius 3 is 2.54 bits per heavy atom. The maximum Gasteiger partial charge on any atom is 0.241 e. The van der Waals surface area contributed by atoms with Crippen molar-refractivity contribution in [2.45, 2.75) is 37.8 Å². The zero-order chi connectivity index (χ0) is 25.1. The predicted molar refractivity (Wildman–Crippen MR) is 145 cm³/mol. The van der Waals surface area contributed by atoms with Crippen LogP contribution in [0.2, 0.25) is 0 Å². The quantitative estimate of drug-likeness (QED) is 0.267. The second-order valence-electron chi connectivity index (χ2n) is 9.96. The monoisotopic (exact) mass is 477 g/mol. The van der Waals surface area contributed by atoms with Crippen LogP contribution in [0.3, 0.4) is 0 Å². The van der Waals surface area contributed by atoms with Gasteiger partial charge in [0.1, 0.15) is 0 Å². The van der Waals surface area contributed by atoms with Gasteiger partial charge in [-0.3, -0.25) is 9.78 Å². The smallest absolute Gasteiger partial charge is 0.241 e. The summed E-state index contributed by atoms with van der Waals surface area (Å²) in [5.74, 6) is -0.0639. The molecule has 7 heteroatoms. The Morgan fingerprint density at radius 1 is 1.03 bits per heavy atom. The second-order valence-corrected chi connectivity index (χ2v) is 9.96. The Morgan fingerprint density at radius 2 is 1.77 bits per heavy atom. The summed E-state index contributed by atoms with van der Waals surface area (Å²) >= 11 is 0. The molecule has 0 bridgehead atoms. The number of pyridine rings is 1. The Kier molecular flexibility index (Phi) is 10.2. The summed E-state index contributed by atoms with van der Waals surface area (Å²) in [6.07, 6.45) is 5.13. The van der Waals surface area contributed by atoms with E-state index in [4.69, 9.17) is 11.5 Å². The summed E-state index contributed by atoms with van der Waals surface area (Å²) in [7, 11) is 4.39. The number of aromatic nitrogens is 1. The number of carbonyl (C=O) groups is 1. The predicted octanol–water partition coefficient (Wildman–Crippen LogP) is 2.91. The maximum atomic E-state index is 13.2. The minimum Gasteiger partial charge on any atom is -0.327 e. The lowest BCUT2D eigenvalue weighted by atomic mass is 10.0. The topological polar surface area (TPSA) is 106 Å². The van der Waals surface area contributed by atoms with Gasteiger partial charge in [-0.05, 0) is 43.4 Å². The molecular weight excluding hydrogens is 436 g/mol. The van der Waals surface area contributed by atoms with Crippen molar-refractivity contribution >= 4 is 22.5 Å². The molecule has 2 atom stereocenters. The number of carbonyl (C=O) groups excluding carboxylic acids is 1. The number of amides is 1. The molecule has 1 unspecified atom stereocenters. The normalized spacial score (nSPS) is 13.5. The van der Waals surface area contributed by atoms with E-state index in [0.717, 1.165) is 47.7 Å². The van der Waals surface area contributed by atoms with E-state index < -0.39 is 0 Å². The van der Waals surface area contributed by atoms with Gasteiger partial charge in [0.05, 0.1) is 50.6 Å². The molecule has 1 aromatic heterocycles. The third-order valence-electron chi connectivity index (χ3n) is 6.44. The van der Waals surface area contributed by atoms with Gasteiger partial charge in [-0.25, -0.2) is 0 Å². The van der Waals surface area contributed by atoms with Crippen molar-refractivity contribution in [2.75, 3.05) is 45.6 Å². The van der Waals surface area contributed by atoms with E-state index >= 15 is 0 Å². The average molecular weight is 478 g/mol. The van der Waals surface area contributed by atoms with E-state index in [9.17, 15) is 4.79 Å². The van der Waals surface area contributed by atoms with Gasteiger partial charge in [-0.2, -0.15) is 0 Å². The van der Waals surface area contributed by atoms with Gasteiger partial charge in [-0.1, -0.05) is 48.5 Å². The number of fused-ring (bicyclic) bond motifs is 1. The molecule has 0 aliphatic heterocycles. The first kappa shape index (κ1) is 26.8. The maximum absolute atomic E-state index is 13.2. The van der Waals surface area contributed by atoms with Crippen LogP contribution >= 0.6 is 0 Å². The molecule has 2 aromatic carbocycles. The summed E-state index contributed by atoms with van der Waals surface area (Å²) in [5, 5.41) is 7.49.